The van der Waals surface area contributed by atoms with E-state index in [2.05, 4.69) is 5.32 Å². The molecule has 0 unspecified atom stereocenters. The molecular weight excluding hydrogens is 398 g/mol. The van der Waals surface area contributed by atoms with Crippen molar-refractivity contribution >= 4 is 40.1 Å². The number of anilines is 1. The fraction of sp³-hybridized carbons (Fsp3) is 0.238. The Morgan fingerprint density at radius 2 is 1.86 bits per heavy atom. The summed E-state index contributed by atoms with van der Waals surface area (Å²) in [5.74, 6) is 0.0113. The predicted molar refractivity (Wildman–Crippen MR) is 107 cm³/mol. The predicted octanol–water partition coefficient (Wildman–Crippen LogP) is 4.35. The van der Waals surface area contributed by atoms with Crippen molar-refractivity contribution in [3.63, 3.8) is 0 Å². The summed E-state index contributed by atoms with van der Waals surface area (Å²) >= 11 is 6.00. The number of fused-ring (bicyclic) bond motifs is 2. The highest BCUT2D eigenvalue weighted by Crippen LogP contribution is 2.33. The van der Waals surface area contributed by atoms with Crippen LogP contribution in [0.1, 0.15) is 23.0 Å². The van der Waals surface area contributed by atoms with Gasteiger partial charge in [-0.15, -0.1) is 0 Å². The van der Waals surface area contributed by atoms with Gasteiger partial charge in [0, 0.05) is 27.7 Å². The van der Waals surface area contributed by atoms with Gasteiger partial charge in [-0.25, -0.2) is 4.79 Å². The lowest BCUT2D eigenvalue weighted by atomic mass is 10.1. The maximum absolute atomic E-state index is 12.5. The molecule has 3 aromatic rings. The van der Waals surface area contributed by atoms with Crippen molar-refractivity contribution < 1.29 is 28.2 Å². The van der Waals surface area contributed by atoms with Gasteiger partial charge in [-0.05, 0) is 44.2 Å². The van der Waals surface area contributed by atoms with E-state index in [4.69, 9.17) is 30.2 Å². The lowest BCUT2D eigenvalue weighted by molar-refractivity contribution is -0.123. The molecule has 1 aliphatic heterocycles. The number of nitrogens with one attached hydrogen (secondary N) is 1. The Bertz CT molecular complexity index is 1110. The second kappa shape index (κ2) is 7.67. The molecule has 0 spiro atoms. The Morgan fingerprint density at radius 3 is 2.66 bits per heavy atom. The summed E-state index contributed by atoms with van der Waals surface area (Å²) in [4.78, 5) is 25.0. The number of furan rings is 1. The molecule has 8 heteroatoms. The van der Waals surface area contributed by atoms with E-state index in [1.54, 1.807) is 43.3 Å². The summed E-state index contributed by atoms with van der Waals surface area (Å²) in [7, 11) is 0. The Labute approximate surface area is 171 Å². The first-order chi connectivity index (χ1) is 13.9. The van der Waals surface area contributed by atoms with Gasteiger partial charge in [-0.3, -0.25) is 4.79 Å². The topological polar surface area (TPSA) is 87.0 Å². The van der Waals surface area contributed by atoms with Crippen molar-refractivity contribution in [2.45, 2.75) is 20.0 Å². The Balaban J connectivity index is 1.45. The van der Waals surface area contributed by atoms with Gasteiger partial charge in [-0.2, -0.15) is 0 Å². The van der Waals surface area contributed by atoms with Crippen molar-refractivity contribution in [1.29, 1.82) is 0 Å². The molecule has 1 atom stereocenters. The van der Waals surface area contributed by atoms with E-state index in [0.29, 0.717) is 46.6 Å². The maximum atomic E-state index is 12.5. The van der Waals surface area contributed by atoms with Crippen LogP contribution in [0.2, 0.25) is 5.02 Å². The highest BCUT2D eigenvalue weighted by Gasteiger charge is 2.25. The standard InChI is InChI=1S/C21H18ClNO6/c1-11-15-9-13(22)3-5-16(15)29-19(11)21(25)28-12(2)20(24)23-14-4-6-17-18(10-14)27-8-7-26-17/h3-6,9-10,12H,7-8H2,1-2H3,(H,23,24)/t12-/m0/s1. The molecule has 2 heterocycles. The molecule has 4 rings (SSSR count). The van der Waals surface area contributed by atoms with E-state index in [1.807, 2.05) is 0 Å². The number of benzene rings is 2. The smallest absolute Gasteiger partial charge is 0.375 e. The number of rotatable bonds is 4. The van der Waals surface area contributed by atoms with E-state index < -0.39 is 18.0 Å². The largest absolute Gasteiger partial charge is 0.486 e. The summed E-state index contributed by atoms with van der Waals surface area (Å²) in [5.41, 5.74) is 1.64. The second-order valence-electron chi connectivity index (χ2n) is 6.59. The summed E-state index contributed by atoms with van der Waals surface area (Å²) in [6, 6.07) is 10.1. The Hall–Kier alpha value is -3.19. The van der Waals surface area contributed by atoms with Gasteiger partial charge in [0.15, 0.2) is 17.6 Å². The van der Waals surface area contributed by atoms with Crippen molar-refractivity contribution in [3.8, 4) is 11.5 Å². The number of hydrogen-bond acceptors (Lipinski definition) is 6. The highest BCUT2D eigenvalue weighted by molar-refractivity contribution is 6.31. The van der Waals surface area contributed by atoms with Crippen molar-refractivity contribution in [1.82, 2.24) is 0 Å². The minimum absolute atomic E-state index is 0.0428. The monoisotopic (exact) mass is 415 g/mol. The van der Waals surface area contributed by atoms with E-state index in [9.17, 15) is 9.59 Å². The van der Waals surface area contributed by atoms with Crippen LogP contribution in [-0.4, -0.2) is 31.2 Å². The number of amides is 1. The average Bonchev–Trinajstić information content (AvgIpc) is 3.04. The zero-order valence-electron chi connectivity index (χ0n) is 15.8. The van der Waals surface area contributed by atoms with Crippen molar-refractivity contribution in [2.75, 3.05) is 18.5 Å². The number of ether oxygens (including phenoxy) is 3. The van der Waals surface area contributed by atoms with Crippen LogP contribution < -0.4 is 14.8 Å². The minimum Gasteiger partial charge on any atom is -0.486 e. The first-order valence-corrected chi connectivity index (χ1v) is 9.40. The first-order valence-electron chi connectivity index (χ1n) is 9.02. The van der Waals surface area contributed by atoms with Crippen LogP contribution in [0.3, 0.4) is 0 Å². The normalized spacial score (nSPS) is 13.8. The van der Waals surface area contributed by atoms with Gasteiger partial charge >= 0.3 is 5.97 Å². The zero-order valence-corrected chi connectivity index (χ0v) is 16.5. The van der Waals surface area contributed by atoms with E-state index >= 15 is 0 Å². The number of aryl methyl sites for hydroxylation is 1. The molecule has 1 aliphatic rings. The molecule has 0 saturated carbocycles. The number of hydrogen-bond donors (Lipinski definition) is 1. The molecule has 2 aromatic carbocycles. The van der Waals surface area contributed by atoms with E-state index in [0.717, 1.165) is 5.39 Å². The van der Waals surface area contributed by atoms with Crippen LogP contribution in [-0.2, 0) is 9.53 Å². The first kappa shape index (κ1) is 19.1. The molecule has 150 valence electrons. The van der Waals surface area contributed by atoms with E-state index in [-0.39, 0.29) is 5.76 Å². The highest BCUT2D eigenvalue weighted by atomic mass is 35.5. The Kier molecular flexibility index (Phi) is 5.07. The summed E-state index contributed by atoms with van der Waals surface area (Å²) in [5, 5.41) is 3.95. The number of esters is 1. The van der Waals surface area contributed by atoms with Gasteiger partial charge < -0.3 is 23.9 Å². The van der Waals surface area contributed by atoms with Crippen LogP contribution in [0.25, 0.3) is 11.0 Å². The number of carbonyl (C=O) groups is 2. The molecule has 1 aromatic heterocycles. The minimum atomic E-state index is -1.04. The molecule has 0 aliphatic carbocycles. The maximum Gasteiger partial charge on any atom is 0.375 e. The quantitative estimate of drug-likeness (QED) is 0.637. The molecule has 0 saturated heterocycles. The second-order valence-corrected chi connectivity index (χ2v) is 7.03. The van der Waals surface area contributed by atoms with Crippen LogP contribution >= 0.6 is 11.6 Å². The van der Waals surface area contributed by atoms with E-state index in [1.165, 1.54) is 6.92 Å². The lowest BCUT2D eigenvalue weighted by Crippen LogP contribution is -2.30. The molecule has 29 heavy (non-hydrogen) atoms. The lowest BCUT2D eigenvalue weighted by Gasteiger charge is -2.19. The number of halogens is 1. The number of carbonyl (C=O) groups excluding carboxylic acids is 2. The molecule has 1 N–H and O–H groups in total. The third-order valence-corrected chi connectivity index (χ3v) is 4.78. The Morgan fingerprint density at radius 1 is 1.10 bits per heavy atom. The van der Waals surface area contributed by atoms with Gasteiger partial charge in [0.1, 0.15) is 18.8 Å². The molecule has 0 bridgehead atoms. The van der Waals surface area contributed by atoms with Crippen LogP contribution in [0.4, 0.5) is 5.69 Å². The summed E-state index contributed by atoms with van der Waals surface area (Å²) in [6.45, 7) is 4.15. The third-order valence-electron chi connectivity index (χ3n) is 4.55. The molecule has 1 amide bonds. The fourth-order valence-electron chi connectivity index (χ4n) is 3.02. The van der Waals surface area contributed by atoms with Gasteiger partial charge in [0.25, 0.3) is 5.91 Å². The molecular formula is C21H18ClNO6. The van der Waals surface area contributed by atoms with Crippen molar-refractivity contribution in [3.05, 3.63) is 52.7 Å². The fourth-order valence-corrected chi connectivity index (χ4v) is 3.19. The van der Waals surface area contributed by atoms with Crippen molar-refractivity contribution in [2.24, 2.45) is 0 Å². The third kappa shape index (κ3) is 3.86. The van der Waals surface area contributed by atoms with Crippen LogP contribution in [0.15, 0.2) is 40.8 Å². The molecule has 0 radical (unpaired) electrons. The van der Waals surface area contributed by atoms with Crippen LogP contribution in [0, 0.1) is 6.92 Å². The van der Waals surface area contributed by atoms with Gasteiger partial charge in [0.05, 0.1) is 0 Å². The molecule has 0 fully saturated rings. The summed E-state index contributed by atoms with van der Waals surface area (Å²) < 4.78 is 21.8. The zero-order chi connectivity index (χ0) is 20.5. The SMILES string of the molecule is Cc1c(C(=O)O[C@@H](C)C(=O)Nc2ccc3c(c2)OCCO3)oc2ccc(Cl)cc12. The van der Waals surface area contributed by atoms with Gasteiger partial charge in [-0.1, -0.05) is 11.6 Å². The summed E-state index contributed by atoms with van der Waals surface area (Å²) in [6.07, 6.45) is -1.04. The van der Waals surface area contributed by atoms with Gasteiger partial charge in [0.2, 0.25) is 5.76 Å². The van der Waals surface area contributed by atoms with Crippen LogP contribution in [0.5, 0.6) is 11.5 Å². The average molecular weight is 416 g/mol. The molecule has 7 nitrogen and oxygen atoms in total.